The van der Waals surface area contributed by atoms with Crippen molar-refractivity contribution in [3.63, 3.8) is 0 Å². The second-order valence-corrected chi connectivity index (χ2v) is 5.28. The lowest BCUT2D eigenvalue weighted by molar-refractivity contribution is 0.608. The van der Waals surface area contributed by atoms with Gasteiger partial charge in [-0.25, -0.2) is 4.39 Å². The second kappa shape index (κ2) is 6.17. The van der Waals surface area contributed by atoms with Gasteiger partial charge in [-0.2, -0.15) is 0 Å². The maximum Gasteiger partial charge on any atom is 0.128 e. The third-order valence-corrected chi connectivity index (χ3v) is 3.80. The van der Waals surface area contributed by atoms with Crippen LogP contribution in [0.1, 0.15) is 11.1 Å². The van der Waals surface area contributed by atoms with E-state index in [1.165, 1.54) is 6.07 Å². The molecule has 0 heterocycles. The minimum atomic E-state index is -0.174. The third kappa shape index (κ3) is 3.33. The number of anilines is 1. The maximum absolute atomic E-state index is 13.6. The van der Waals surface area contributed by atoms with Crippen LogP contribution >= 0.6 is 15.9 Å². The number of nitrogens with two attached hydrogens (primary N) is 1. The summed E-state index contributed by atoms with van der Waals surface area (Å²) in [6.45, 7) is 1.03. The van der Waals surface area contributed by atoms with E-state index >= 15 is 0 Å². The molecule has 0 saturated heterocycles. The van der Waals surface area contributed by atoms with Gasteiger partial charge in [0.2, 0.25) is 0 Å². The fraction of sp³-hybridized carbons (Fsp3) is 0.200. The van der Waals surface area contributed by atoms with Crippen molar-refractivity contribution in [2.75, 3.05) is 11.9 Å². The van der Waals surface area contributed by atoms with Gasteiger partial charge in [0, 0.05) is 35.9 Å². The van der Waals surface area contributed by atoms with Crippen molar-refractivity contribution in [1.82, 2.24) is 0 Å². The Morgan fingerprint density at radius 2 is 1.89 bits per heavy atom. The molecule has 0 radical (unpaired) electrons. The van der Waals surface area contributed by atoms with E-state index < -0.39 is 0 Å². The lowest BCUT2D eigenvalue weighted by atomic mass is 10.1. The molecule has 0 bridgehead atoms. The summed E-state index contributed by atoms with van der Waals surface area (Å²) in [5, 5.41) is 0. The summed E-state index contributed by atoms with van der Waals surface area (Å²) in [5.74, 6) is -0.174. The fourth-order valence-corrected chi connectivity index (χ4v) is 2.44. The zero-order chi connectivity index (χ0) is 13.8. The first-order chi connectivity index (χ1) is 9.11. The van der Waals surface area contributed by atoms with E-state index in [2.05, 4.69) is 15.9 Å². The third-order valence-electron chi connectivity index (χ3n) is 3.06. The first kappa shape index (κ1) is 14.0. The van der Waals surface area contributed by atoms with Crippen molar-refractivity contribution < 1.29 is 4.39 Å². The lowest BCUT2D eigenvalue weighted by Crippen LogP contribution is -2.17. The first-order valence-corrected chi connectivity index (χ1v) is 6.84. The van der Waals surface area contributed by atoms with Gasteiger partial charge in [0.1, 0.15) is 5.82 Å². The molecule has 2 rings (SSSR count). The van der Waals surface area contributed by atoms with Crippen LogP contribution in [0, 0.1) is 5.82 Å². The molecule has 4 heteroatoms. The van der Waals surface area contributed by atoms with E-state index in [4.69, 9.17) is 5.73 Å². The van der Waals surface area contributed by atoms with E-state index in [0.29, 0.717) is 18.7 Å². The summed E-state index contributed by atoms with van der Waals surface area (Å²) in [5.41, 5.74) is 8.39. The number of rotatable bonds is 4. The molecule has 19 heavy (non-hydrogen) atoms. The molecule has 2 nitrogen and oxygen atoms in total. The molecule has 0 spiro atoms. The Kier molecular flexibility index (Phi) is 4.56. The Balaban J connectivity index is 2.18. The maximum atomic E-state index is 13.6. The van der Waals surface area contributed by atoms with E-state index in [1.807, 2.05) is 36.2 Å². The van der Waals surface area contributed by atoms with Crippen molar-refractivity contribution >= 4 is 21.6 Å². The standard InChI is InChI=1S/C15H16BrFN2/c1-19(10-12-4-2-3-5-15(12)17)13-7-6-11(9-18)14(16)8-13/h2-8H,9-10,18H2,1H3. The quantitative estimate of drug-likeness (QED) is 0.930. The largest absolute Gasteiger partial charge is 0.370 e. The molecule has 2 N–H and O–H groups in total. The highest BCUT2D eigenvalue weighted by Crippen LogP contribution is 2.24. The molecule has 0 fully saturated rings. The van der Waals surface area contributed by atoms with Crippen LogP contribution in [0.15, 0.2) is 46.9 Å². The molecule has 0 aliphatic heterocycles. The van der Waals surface area contributed by atoms with Crippen LogP contribution < -0.4 is 10.6 Å². The average molecular weight is 323 g/mol. The lowest BCUT2D eigenvalue weighted by Gasteiger charge is -2.20. The van der Waals surface area contributed by atoms with Crippen molar-refractivity contribution in [3.05, 3.63) is 63.9 Å². The Morgan fingerprint density at radius 1 is 1.16 bits per heavy atom. The minimum Gasteiger partial charge on any atom is -0.370 e. The predicted molar refractivity (Wildman–Crippen MR) is 80.5 cm³/mol. The molecule has 0 aliphatic carbocycles. The van der Waals surface area contributed by atoms with Gasteiger partial charge in [0.05, 0.1) is 0 Å². The summed E-state index contributed by atoms with van der Waals surface area (Å²) in [6, 6.07) is 12.8. The van der Waals surface area contributed by atoms with Gasteiger partial charge >= 0.3 is 0 Å². The predicted octanol–water partition coefficient (Wildman–Crippen LogP) is 3.68. The molecule has 2 aromatic carbocycles. The zero-order valence-electron chi connectivity index (χ0n) is 10.7. The number of benzene rings is 2. The summed E-state index contributed by atoms with van der Waals surface area (Å²) in [7, 11) is 1.94. The second-order valence-electron chi connectivity index (χ2n) is 4.43. The highest BCUT2D eigenvalue weighted by Gasteiger charge is 2.07. The minimum absolute atomic E-state index is 0.174. The SMILES string of the molecule is CN(Cc1ccccc1F)c1ccc(CN)c(Br)c1. The molecule has 0 aromatic heterocycles. The molecule has 0 aliphatic rings. The fourth-order valence-electron chi connectivity index (χ4n) is 1.91. The van der Waals surface area contributed by atoms with Crippen LogP contribution in [-0.4, -0.2) is 7.05 Å². The molecule has 0 atom stereocenters. The molecule has 0 unspecified atom stereocenters. The number of hydrogen-bond acceptors (Lipinski definition) is 2. The van der Waals surface area contributed by atoms with E-state index in [-0.39, 0.29) is 5.82 Å². The summed E-state index contributed by atoms with van der Waals surface area (Å²) >= 11 is 3.49. The first-order valence-electron chi connectivity index (χ1n) is 6.05. The van der Waals surface area contributed by atoms with Gasteiger partial charge in [-0.15, -0.1) is 0 Å². The zero-order valence-corrected chi connectivity index (χ0v) is 12.3. The van der Waals surface area contributed by atoms with Gasteiger partial charge < -0.3 is 10.6 Å². The van der Waals surface area contributed by atoms with E-state index in [1.54, 1.807) is 12.1 Å². The Morgan fingerprint density at radius 3 is 2.53 bits per heavy atom. The van der Waals surface area contributed by atoms with Crippen molar-refractivity contribution in [3.8, 4) is 0 Å². The number of nitrogens with zero attached hydrogens (tertiary/aromatic N) is 1. The van der Waals surface area contributed by atoms with Crippen molar-refractivity contribution in [2.24, 2.45) is 5.73 Å². The Bertz CT molecular complexity index is 572. The van der Waals surface area contributed by atoms with Crippen LogP contribution in [0.2, 0.25) is 0 Å². The molecular weight excluding hydrogens is 307 g/mol. The van der Waals surface area contributed by atoms with Crippen molar-refractivity contribution in [1.29, 1.82) is 0 Å². The topological polar surface area (TPSA) is 29.3 Å². The molecule has 0 amide bonds. The van der Waals surface area contributed by atoms with Crippen LogP contribution in [0.4, 0.5) is 10.1 Å². The van der Waals surface area contributed by atoms with Gasteiger partial charge in [-0.1, -0.05) is 40.2 Å². The van der Waals surface area contributed by atoms with Crippen LogP contribution in [0.25, 0.3) is 0 Å². The van der Waals surface area contributed by atoms with Crippen LogP contribution in [0.5, 0.6) is 0 Å². The van der Waals surface area contributed by atoms with Gasteiger partial charge in [0.25, 0.3) is 0 Å². The molecule has 0 saturated carbocycles. The molecule has 100 valence electrons. The monoisotopic (exact) mass is 322 g/mol. The number of halogens is 2. The summed E-state index contributed by atoms with van der Waals surface area (Å²) < 4.78 is 14.6. The normalized spacial score (nSPS) is 10.5. The highest BCUT2D eigenvalue weighted by molar-refractivity contribution is 9.10. The van der Waals surface area contributed by atoms with Gasteiger partial charge in [0.15, 0.2) is 0 Å². The van der Waals surface area contributed by atoms with Crippen LogP contribution in [-0.2, 0) is 13.1 Å². The van der Waals surface area contributed by atoms with Gasteiger partial charge in [-0.05, 0) is 23.8 Å². The van der Waals surface area contributed by atoms with Crippen molar-refractivity contribution in [2.45, 2.75) is 13.1 Å². The van der Waals surface area contributed by atoms with E-state index in [9.17, 15) is 4.39 Å². The number of hydrogen-bond donors (Lipinski definition) is 1. The smallest absolute Gasteiger partial charge is 0.128 e. The Labute approximate surface area is 121 Å². The Hall–Kier alpha value is -1.39. The van der Waals surface area contributed by atoms with Gasteiger partial charge in [-0.3, -0.25) is 0 Å². The summed E-state index contributed by atoms with van der Waals surface area (Å²) in [6.07, 6.45) is 0. The average Bonchev–Trinajstić information content (AvgIpc) is 2.41. The molecule has 2 aromatic rings. The summed E-state index contributed by atoms with van der Waals surface area (Å²) in [4.78, 5) is 2.00. The molecular formula is C15H16BrFN2. The highest BCUT2D eigenvalue weighted by atomic mass is 79.9. The van der Waals surface area contributed by atoms with Crippen LogP contribution in [0.3, 0.4) is 0 Å². The van der Waals surface area contributed by atoms with E-state index in [0.717, 1.165) is 15.7 Å².